The molecule has 4 nitrogen and oxygen atoms in total. The summed E-state index contributed by atoms with van der Waals surface area (Å²) in [5.41, 5.74) is 2.32. The van der Waals surface area contributed by atoms with Crippen LogP contribution in [0.1, 0.15) is 15.9 Å². The number of hydrogen-bond acceptors (Lipinski definition) is 3. The fraction of sp³-hybridized carbons (Fsp3) is 0.143. The van der Waals surface area contributed by atoms with Gasteiger partial charge in [0.05, 0.1) is 7.11 Å². The van der Waals surface area contributed by atoms with Crippen LogP contribution in [0.4, 0.5) is 5.69 Å². The van der Waals surface area contributed by atoms with Gasteiger partial charge in [-0.2, -0.15) is 0 Å². The van der Waals surface area contributed by atoms with Crippen molar-refractivity contribution in [3.63, 3.8) is 0 Å². The first-order chi connectivity index (χ1) is 9.10. The second-order valence-corrected chi connectivity index (χ2v) is 4.86. The summed E-state index contributed by atoms with van der Waals surface area (Å²) >= 11 is 3.42. The Morgan fingerprint density at radius 3 is 2.79 bits per heavy atom. The average Bonchev–Trinajstić information content (AvgIpc) is 2.43. The number of methoxy groups -OCH3 is 1. The lowest BCUT2D eigenvalue weighted by molar-refractivity contribution is 0.102. The molecule has 0 aliphatic carbocycles. The molecule has 0 saturated heterocycles. The summed E-state index contributed by atoms with van der Waals surface area (Å²) in [4.78, 5) is 16.0. The molecule has 0 radical (unpaired) electrons. The maximum atomic E-state index is 12.1. The zero-order valence-corrected chi connectivity index (χ0v) is 12.2. The first-order valence-electron chi connectivity index (χ1n) is 5.67. The molecule has 19 heavy (non-hydrogen) atoms. The van der Waals surface area contributed by atoms with Gasteiger partial charge in [0.15, 0.2) is 0 Å². The fourth-order valence-corrected chi connectivity index (χ4v) is 1.83. The maximum Gasteiger partial charge on any atom is 0.255 e. The van der Waals surface area contributed by atoms with Gasteiger partial charge in [-0.25, -0.2) is 4.98 Å². The van der Waals surface area contributed by atoms with Crippen molar-refractivity contribution in [2.75, 3.05) is 12.4 Å². The first-order valence-corrected chi connectivity index (χ1v) is 6.47. The van der Waals surface area contributed by atoms with Crippen molar-refractivity contribution in [2.45, 2.75) is 6.92 Å². The highest BCUT2D eigenvalue weighted by Gasteiger charge is 2.08. The molecule has 2 rings (SSSR count). The average molecular weight is 321 g/mol. The largest absolute Gasteiger partial charge is 0.481 e. The summed E-state index contributed by atoms with van der Waals surface area (Å²) in [6, 6.07) is 8.89. The van der Waals surface area contributed by atoms with E-state index >= 15 is 0 Å². The molecule has 1 amide bonds. The number of ether oxygens (including phenoxy) is 1. The van der Waals surface area contributed by atoms with Crippen LogP contribution >= 0.6 is 15.9 Å². The van der Waals surface area contributed by atoms with Crippen LogP contribution in [0.5, 0.6) is 5.88 Å². The Morgan fingerprint density at radius 2 is 2.11 bits per heavy atom. The van der Waals surface area contributed by atoms with E-state index in [1.54, 1.807) is 18.3 Å². The Hall–Kier alpha value is -1.88. The molecular weight excluding hydrogens is 308 g/mol. The zero-order chi connectivity index (χ0) is 13.8. The number of aromatic nitrogens is 1. The monoisotopic (exact) mass is 320 g/mol. The first kappa shape index (κ1) is 13.5. The third-order valence-corrected chi connectivity index (χ3v) is 3.51. The SMILES string of the molecule is COc1cc(C(=O)Nc2ccc(Br)c(C)c2)ccn1. The van der Waals surface area contributed by atoms with Gasteiger partial charge in [0.1, 0.15) is 0 Å². The number of pyridine rings is 1. The highest BCUT2D eigenvalue weighted by atomic mass is 79.9. The number of anilines is 1. The van der Waals surface area contributed by atoms with Gasteiger partial charge in [-0.3, -0.25) is 4.79 Å². The maximum absolute atomic E-state index is 12.1. The van der Waals surface area contributed by atoms with Crippen LogP contribution in [-0.4, -0.2) is 18.0 Å². The third kappa shape index (κ3) is 3.32. The van der Waals surface area contributed by atoms with E-state index in [1.165, 1.54) is 7.11 Å². The fourth-order valence-electron chi connectivity index (χ4n) is 1.59. The molecule has 1 aromatic carbocycles. The Kier molecular flexibility index (Phi) is 4.16. The van der Waals surface area contributed by atoms with Gasteiger partial charge < -0.3 is 10.1 Å². The lowest BCUT2D eigenvalue weighted by Crippen LogP contribution is -2.12. The number of benzene rings is 1. The van der Waals surface area contributed by atoms with Crippen LogP contribution < -0.4 is 10.1 Å². The lowest BCUT2D eigenvalue weighted by atomic mass is 10.2. The summed E-state index contributed by atoms with van der Waals surface area (Å²) in [6.45, 7) is 1.97. The van der Waals surface area contributed by atoms with E-state index in [4.69, 9.17) is 4.74 Å². The molecule has 0 fully saturated rings. The van der Waals surface area contributed by atoms with Gasteiger partial charge in [0.2, 0.25) is 5.88 Å². The smallest absolute Gasteiger partial charge is 0.255 e. The predicted octanol–water partition coefficient (Wildman–Crippen LogP) is 3.41. The Labute approximate surface area is 119 Å². The van der Waals surface area contributed by atoms with E-state index in [9.17, 15) is 4.79 Å². The Balaban J connectivity index is 2.18. The molecule has 0 aliphatic rings. The van der Waals surface area contributed by atoms with Crippen LogP contribution in [0.2, 0.25) is 0 Å². The van der Waals surface area contributed by atoms with Gasteiger partial charge in [0, 0.05) is 28.0 Å². The van der Waals surface area contributed by atoms with E-state index in [0.717, 1.165) is 15.7 Å². The molecule has 98 valence electrons. The lowest BCUT2D eigenvalue weighted by Gasteiger charge is -2.07. The highest BCUT2D eigenvalue weighted by Crippen LogP contribution is 2.20. The number of amides is 1. The summed E-state index contributed by atoms with van der Waals surface area (Å²) in [5.74, 6) is 0.224. The van der Waals surface area contributed by atoms with Crippen LogP contribution in [0.25, 0.3) is 0 Å². The van der Waals surface area contributed by atoms with Gasteiger partial charge in [-0.15, -0.1) is 0 Å². The van der Waals surface area contributed by atoms with Crippen molar-refractivity contribution in [1.29, 1.82) is 0 Å². The number of carbonyl (C=O) groups is 1. The zero-order valence-electron chi connectivity index (χ0n) is 10.6. The van der Waals surface area contributed by atoms with E-state index in [0.29, 0.717) is 11.4 Å². The van der Waals surface area contributed by atoms with Crippen LogP contribution in [-0.2, 0) is 0 Å². The topological polar surface area (TPSA) is 51.2 Å². The number of carbonyl (C=O) groups excluding carboxylic acids is 1. The Morgan fingerprint density at radius 1 is 1.32 bits per heavy atom. The highest BCUT2D eigenvalue weighted by molar-refractivity contribution is 9.10. The van der Waals surface area contributed by atoms with Gasteiger partial charge in [-0.1, -0.05) is 15.9 Å². The van der Waals surface area contributed by atoms with Gasteiger partial charge >= 0.3 is 0 Å². The van der Waals surface area contributed by atoms with Crippen LogP contribution in [0.3, 0.4) is 0 Å². The van der Waals surface area contributed by atoms with Crippen molar-refractivity contribution < 1.29 is 9.53 Å². The minimum atomic E-state index is -0.192. The van der Waals surface area contributed by atoms with Crippen molar-refractivity contribution in [2.24, 2.45) is 0 Å². The number of nitrogens with one attached hydrogen (secondary N) is 1. The van der Waals surface area contributed by atoms with E-state index in [1.807, 2.05) is 25.1 Å². The number of halogens is 1. The predicted molar refractivity (Wildman–Crippen MR) is 77.6 cm³/mol. The molecule has 0 aliphatic heterocycles. The molecule has 0 bridgehead atoms. The van der Waals surface area contributed by atoms with Crippen molar-refractivity contribution in [1.82, 2.24) is 4.98 Å². The van der Waals surface area contributed by atoms with Crippen LogP contribution in [0, 0.1) is 6.92 Å². The number of nitrogens with zero attached hydrogens (tertiary/aromatic N) is 1. The normalized spacial score (nSPS) is 10.1. The third-order valence-electron chi connectivity index (χ3n) is 2.62. The second kappa shape index (κ2) is 5.84. The van der Waals surface area contributed by atoms with Gasteiger partial charge in [0.25, 0.3) is 5.91 Å². The van der Waals surface area contributed by atoms with E-state index in [-0.39, 0.29) is 5.91 Å². The molecule has 0 spiro atoms. The van der Waals surface area contributed by atoms with Crippen molar-refractivity contribution >= 4 is 27.5 Å². The summed E-state index contributed by atoms with van der Waals surface area (Å²) in [5, 5.41) is 2.83. The second-order valence-electron chi connectivity index (χ2n) is 4.00. The quantitative estimate of drug-likeness (QED) is 0.942. The molecule has 0 unspecified atom stereocenters. The molecule has 2 aromatic rings. The summed E-state index contributed by atoms with van der Waals surface area (Å²) < 4.78 is 6.00. The molecule has 1 heterocycles. The molecular formula is C14H13BrN2O2. The molecule has 5 heteroatoms. The molecule has 0 saturated carbocycles. The Bertz CT molecular complexity index is 614. The minimum absolute atomic E-state index is 0.192. The minimum Gasteiger partial charge on any atom is -0.481 e. The van der Waals surface area contributed by atoms with Gasteiger partial charge in [-0.05, 0) is 36.8 Å². The number of rotatable bonds is 3. The summed E-state index contributed by atoms with van der Waals surface area (Å²) in [6.07, 6.45) is 1.54. The molecule has 0 atom stereocenters. The standard InChI is InChI=1S/C14H13BrN2O2/c1-9-7-11(3-4-12(9)15)17-14(18)10-5-6-16-13(8-10)19-2/h3-8H,1-2H3,(H,17,18). The summed E-state index contributed by atoms with van der Waals surface area (Å²) in [7, 11) is 1.52. The van der Waals surface area contributed by atoms with Crippen molar-refractivity contribution in [3.05, 3.63) is 52.1 Å². The number of aryl methyl sites for hydroxylation is 1. The van der Waals surface area contributed by atoms with Crippen molar-refractivity contribution in [3.8, 4) is 5.88 Å². The van der Waals surface area contributed by atoms with E-state index < -0.39 is 0 Å². The molecule has 1 aromatic heterocycles. The molecule has 1 N–H and O–H groups in total. The number of hydrogen-bond donors (Lipinski definition) is 1. The van der Waals surface area contributed by atoms with Crippen LogP contribution in [0.15, 0.2) is 41.0 Å². The van der Waals surface area contributed by atoms with E-state index in [2.05, 4.69) is 26.2 Å².